The molecule has 4 N–H and O–H groups in total. The molecular weight excluding hydrogens is 186 g/mol. The summed E-state index contributed by atoms with van der Waals surface area (Å²) < 4.78 is 0. The van der Waals surface area contributed by atoms with E-state index in [-0.39, 0.29) is 26.2 Å². The van der Waals surface area contributed by atoms with Crippen molar-refractivity contribution in [1.82, 2.24) is 0 Å². The Labute approximate surface area is 84.2 Å². The lowest BCUT2D eigenvalue weighted by Gasteiger charge is -2.20. The summed E-state index contributed by atoms with van der Waals surface area (Å²) in [4.78, 5) is 0. The minimum atomic E-state index is -0.899. The molecule has 0 spiro atoms. The number of nitriles is 1. The Balaban J connectivity index is 0. The summed E-state index contributed by atoms with van der Waals surface area (Å²) in [5, 5.41) is 41.5. The highest BCUT2D eigenvalue weighted by molar-refractivity contribution is 4.70. The third-order valence-corrected chi connectivity index (χ3v) is 1.52. The normalized spacial score (nSPS) is 10.0. The highest BCUT2D eigenvalue weighted by atomic mass is 16.3. The van der Waals surface area contributed by atoms with Crippen LogP contribution >= 0.6 is 0 Å². The molecule has 0 radical (unpaired) electrons. The fraction of sp³-hybridized carbons (Fsp3) is 0.889. The van der Waals surface area contributed by atoms with Gasteiger partial charge in [-0.3, -0.25) is 0 Å². The summed E-state index contributed by atoms with van der Waals surface area (Å²) in [5.41, 5.74) is -0.899. The first kappa shape index (κ1) is 15.8. The van der Waals surface area contributed by atoms with E-state index in [1.54, 1.807) is 13.0 Å². The molecule has 0 fully saturated rings. The Morgan fingerprint density at radius 2 is 1.50 bits per heavy atom. The fourth-order valence-corrected chi connectivity index (χ4v) is 0.657. The zero-order valence-electron chi connectivity index (χ0n) is 8.48. The predicted molar refractivity (Wildman–Crippen MR) is 51.3 cm³/mol. The maximum atomic E-state index is 9.19. The quantitative estimate of drug-likeness (QED) is 0.479. The molecular formula is C9H19NO4. The highest BCUT2D eigenvalue weighted by Crippen LogP contribution is 2.11. The average Bonchev–Trinajstić information content (AvgIpc) is 2.06. The summed E-state index contributed by atoms with van der Waals surface area (Å²) >= 11 is 0. The molecule has 0 aliphatic heterocycles. The number of aliphatic hydroxyl groups excluding tert-OH is 3. The van der Waals surface area contributed by atoms with E-state index in [1.807, 2.05) is 0 Å². The van der Waals surface area contributed by atoms with Gasteiger partial charge in [0.1, 0.15) is 0 Å². The number of hydrogen-bond acceptors (Lipinski definition) is 5. The van der Waals surface area contributed by atoms with Crippen LogP contribution in [0.4, 0.5) is 0 Å². The first-order valence-electron chi connectivity index (χ1n) is 4.46. The number of rotatable bonds is 5. The van der Waals surface area contributed by atoms with E-state index in [0.717, 1.165) is 0 Å². The third kappa shape index (κ3) is 13.9. The van der Waals surface area contributed by atoms with Crippen molar-refractivity contribution in [1.29, 1.82) is 5.26 Å². The molecule has 0 aromatic carbocycles. The molecule has 0 unspecified atom stereocenters. The Kier molecular flexibility index (Phi) is 11.7. The summed E-state index contributed by atoms with van der Waals surface area (Å²) in [6.07, 6.45) is 0.904. The van der Waals surface area contributed by atoms with Gasteiger partial charge in [0.05, 0.1) is 24.7 Å². The van der Waals surface area contributed by atoms with Crippen LogP contribution in [0.5, 0.6) is 0 Å². The Morgan fingerprint density at radius 3 is 1.64 bits per heavy atom. The number of hydrogen-bond donors (Lipinski definition) is 4. The zero-order valence-corrected chi connectivity index (χ0v) is 8.48. The van der Waals surface area contributed by atoms with Gasteiger partial charge in [-0.15, -0.1) is 0 Å². The van der Waals surface area contributed by atoms with Gasteiger partial charge in [-0.1, -0.05) is 0 Å². The molecule has 0 saturated carbocycles. The van der Waals surface area contributed by atoms with Crippen LogP contribution in [0.25, 0.3) is 0 Å². The first-order valence-corrected chi connectivity index (χ1v) is 4.46. The Morgan fingerprint density at radius 1 is 1.07 bits per heavy atom. The van der Waals surface area contributed by atoms with Crippen molar-refractivity contribution in [3.05, 3.63) is 0 Å². The van der Waals surface area contributed by atoms with E-state index >= 15 is 0 Å². The lowest BCUT2D eigenvalue weighted by Crippen LogP contribution is -2.26. The summed E-state index contributed by atoms with van der Waals surface area (Å²) in [7, 11) is 0. The van der Waals surface area contributed by atoms with Crippen LogP contribution < -0.4 is 0 Å². The van der Waals surface area contributed by atoms with Gasteiger partial charge in [-0.25, -0.2) is 0 Å². The van der Waals surface area contributed by atoms with Crippen molar-refractivity contribution in [3.8, 4) is 6.07 Å². The van der Waals surface area contributed by atoms with Crippen molar-refractivity contribution < 1.29 is 20.4 Å². The van der Waals surface area contributed by atoms with Crippen molar-refractivity contribution >= 4 is 0 Å². The smallest absolute Gasteiger partial charge is 0.0663 e. The molecule has 84 valence electrons. The monoisotopic (exact) mass is 205 g/mol. The summed E-state index contributed by atoms with van der Waals surface area (Å²) in [5.74, 6) is 0. The van der Waals surface area contributed by atoms with Crippen molar-refractivity contribution in [2.75, 3.05) is 19.8 Å². The van der Waals surface area contributed by atoms with E-state index in [9.17, 15) is 5.11 Å². The SMILES string of the molecule is CC(O)(CCO)CCO.N#CCCO. The van der Waals surface area contributed by atoms with Gasteiger partial charge in [-0.2, -0.15) is 5.26 Å². The van der Waals surface area contributed by atoms with E-state index < -0.39 is 5.60 Å². The molecule has 0 rings (SSSR count). The molecule has 0 aliphatic carbocycles. The Bertz CT molecular complexity index is 145. The largest absolute Gasteiger partial charge is 0.396 e. The van der Waals surface area contributed by atoms with Crippen LogP contribution in [0.15, 0.2) is 0 Å². The highest BCUT2D eigenvalue weighted by Gasteiger charge is 2.17. The van der Waals surface area contributed by atoms with Crippen LogP contribution in [-0.4, -0.2) is 45.8 Å². The molecule has 0 aromatic heterocycles. The standard InChI is InChI=1S/C6H14O3.C3H5NO/c1-6(9,2-4-7)3-5-8;4-2-1-3-5/h7-9H,2-5H2,1H3;5H,1,3H2. The topological polar surface area (TPSA) is 105 Å². The van der Waals surface area contributed by atoms with Crippen LogP contribution in [0, 0.1) is 11.3 Å². The predicted octanol–water partition coefficient (Wildman–Crippen LogP) is -0.605. The van der Waals surface area contributed by atoms with E-state index in [2.05, 4.69) is 0 Å². The van der Waals surface area contributed by atoms with Gasteiger partial charge in [-0.05, 0) is 19.8 Å². The first-order chi connectivity index (χ1) is 6.54. The van der Waals surface area contributed by atoms with Gasteiger partial charge >= 0.3 is 0 Å². The van der Waals surface area contributed by atoms with E-state index in [1.165, 1.54) is 0 Å². The molecule has 0 atom stereocenters. The number of nitrogens with zero attached hydrogens (tertiary/aromatic N) is 1. The minimum absolute atomic E-state index is 0.0174. The molecule has 0 heterocycles. The molecule has 5 nitrogen and oxygen atoms in total. The van der Waals surface area contributed by atoms with Crippen LogP contribution in [0.1, 0.15) is 26.2 Å². The molecule has 0 amide bonds. The van der Waals surface area contributed by atoms with E-state index in [0.29, 0.717) is 12.8 Å². The van der Waals surface area contributed by atoms with Crippen molar-refractivity contribution in [2.45, 2.75) is 31.8 Å². The second-order valence-electron chi connectivity index (χ2n) is 3.08. The third-order valence-electron chi connectivity index (χ3n) is 1.52. The summed E-state index contributed by atoms with van der Waals surface area (Å²) in [6.45, 7) is 1.51. The second-order valence-corrected chi connectivity index (χ2v) is 3.08. The fourth-order valence-electron chi connectivity index (χ4n) is 0.657. The minimum Gasteiger partial charge on any atom is -0.396 e. The summed E-state index contributed by atoms with van der Waals surface area (Å²) in [6, 6.07) is 1.77. The van der Waals surface area contributed by atoms with E-state index in [4.69, 9.17) is 20.6 Å². The van der Waals surface area contributed by atoms with Crippen LogP contribution in [0.3, 0.4) is 0 Å². The van der Waals surface area contributed by atoms with Crippen LogP contribution in [0.2, 0.25) is 0 Å². The molecule has 0 aliphatic rings. The number of aliphatic hydroxyl groups is 4. The second kappa shape index (κ2) is 10.4. The maximum Gasteiger partial charge on any atom is 0.0663 e. The average molecular weight is 205 g/mol. The molecule has 0 saturated heterocycles. The zero-order chi connectivity index (χ0) is 11.4. The van der Waals surface area contributed by atoms with Gasteiger partial charge in [0.2, 0.25) is 0 Å². The molecule has 0 aromatic rings. The molecule has 0 bridgehead atoms. The van der Waals surface area contributed by atoms with Gasteiger partial charge in [0, 0.05) is 13.2 Å². The van der Waals surface area contributed by atoms with Gasteiger partial charge in [0.25, 0.3) is 0 Å². The van der Waals surface area contributed by atoms with Crippen LogP contribution in [-0.2, 0) is 0 Å². The molecule has 5 heteroatoms. The van der Waals surface area contributed by atoms with Crippen molar-refractivity contribution in [3.63, 3.8) is 0 Å². The van der Waals surface area contributed by atoms with Gasteiger partial charge in [0.15, 0.2) is 0 Å². The van der Waals surface area contributed by atoms with Crippen molar-refractivity contribution in [2.24, 2.45) is 0 Å². The maximum absolute atomic E-state index is 9.19. The Hall–Kier alpha value is -0.670. The van der Waals surface area contributed by atoms with Gasteiger partial charge < -0.3 is 20.4 Å². The lowest BCUT2D eigenvalue weighted by atomic mass is 10.00. The lowest BCUT2D eigenvalue weighted by molar-refractivity contribution is 0.0116. The molecule has 14 heavy (non-hydrogen) atoms.